The first kappa shape index (κ1) is 15.0. The Morgan fingerprint density at radius 1 is 1.10 bits per heavy atom. The predicted molar refractivity (Wildman–Crippen MR) is 74.7 cm³/mol. The molecular formula is C15H17NO5. The number of methoxy groups -OCH3 is 2. The molecule has 0 aliphatic heterocycles. The Labute approximate surface area is 122 Å². The third kappa shape index (κ3) is 2.37. The molecule has 0 fully saturated rings. The molecule has 0 aromatic carbocycles. The van der Waals surface area contributed by atoms with Gasteiger partial charge in [0.2, 0.25) is 0 Å². The van der Waals surface area contributed by atoms with Crippen molar-refractivity contribution >= 4 is 23.3 Å². The molecule has 6 heteroatoms. The van der Waals surface area contributed by atoms with Crippen LogP contribution in [0.2, 0.25) is 0 Å². The smallest absolute Gasteiger partial charge is 0.339 e. The molecule has 112 valence electrons. The highest BCUT2D eigenvalue weighted by molar-refractivity contribution is 6.25. The number of esters is 2. The number of ketones is 1. The Bertz CT molecular complexity index is 666. The number of ether oxygens (including phenoxy) is 2. The normalized spacial score (nSPS) is 13.7. The standard InChI is InChI=1S/C15H17NO5/c1-8(17)10-7-16(2)11-6-5-9(14(18)20-3)13(12(10)11)15(19)21-4/h7H,5-6H2,1-4H3. The highest BCUT2D eigenvalue weighted by Crippen LogP contribution is 2.36. The first-order chi connectivity index (χ1) is 9.92. The maximum atomic E-state index is 12.1. The number of carbonyl (C=O) groups excluding carboxylic acids is 3. The summed E-state index contributed by atoms with van der Waals surface area (Å²) in [6, 6.07) is 0. The average molecular weight is 291 g/mol. The second kappa shape index (κ2) is 5.55. The lowest BCUT2D eigenvalue weighted by Crippen LogP contribution is -2.20. The number of aromatic nitrogens is 1. The molecule has 0 bridgehead atoms. The summed E-state index contributed by atoms with van der Waals surface area (Å²) in [7, 11) is 4.31. The van der Waals surface area contributed by atoms with E-state index >= 15 is 0 Å². The summed E-state index contributed by atoms with van der Waals surface area (Å²) < 4.78 is 11.3. The van der Waals surface area contributed by atoms with Gasteiger partial charge in [0.25, 0.3) is 0 Å². The molecule has 2 rings (SSSR count). The van der Waals surface area contributed by atoms with Crippen LogP contribution in [-0.2, 0) is 32.5 Å². The van der Waals surface area contributed by atoms with E-state index in [4.69, 9.17) is 9.47 Å². The lowest BCUT2D eigenvalue weighted by molar-refractivity contribution is -0.138. The molecule has 0 saturated heterocycles. The van der Waals surface area contributed by atoms with E-state index in [-0.39, 0.29) is 16.9 Å². The van der Waals surface area contributed by atoms with Gasteiger partial charge < -0.3 is 14.0 Å². The van der Waals surface area contributed by atoms with Crippen LogP contribution in [0.25, 0.3) is 5.57 Å². The van der Waals surface area contributed by atoms with Gasteiger partial charge in [0, 0.05) is 30.1 Å². The summed E-state index contributed by atoms with van der Waals surface area (Å²) in [6.07, 6.45) is 2.61. The van der Waals surface area contributed by atoms with E-state index in [0.717, 1.165) is 5.69 Å². The van der Waals surface area contributed by atoms with Gasteiger partial charge in [-0.15, -0.1) is 0 Å². The van der Waals surface area contributed by atoms with E-state index in [2.05, 4.69) is 0 Å². The van der Waals surface area contributed by atoms with Gasteiger partial charge in [-0.3, -0.25) is 4.79 Å². The van der Waals surface area contributed by atoms with E-state index in [1.165, 1.54) is 21.1 Å². The van der Waals surface area contributed by atoms with Crippen LogP contribution in [0.4, 0.5) is 0 Å². The summed E-state index contributed by atoms with van der Waals surface area (Å²) in [4.78, 5) is 35.9. The van der Waals surface area contributed by atoms with Gasteiger partial charge in [0.15, 0.2) is 5.78 Å². The zero-order valence-corrected chi connectivity index (χ0v) is 12.5. The fraction of sp³-hybridized carbons (Fsp3) is 0.400. The Morgan fingerprint density at radius 3 is 2.24 bits per heavy atom. The van der Waals surface area contributed by atoms with E-state index < -0.39 is 11.9 Å². The highest BCUT2D eigenvalue weighted by Gasteiger charge is 2.34. The van der Waals surface area contributed by atoms with Crippen LogP contribution >= 0.6 is 0 Å². The van der Waals surface area contributed by atoms with Crippen molar-refractivity contribution in [3.8, 4) is 0 Å². The maximum absolute atomic E-state index is 12.1. The van der Waals surface area contributed by atoms with E-state index in [1.54, 1.807) is 6.20 Å². The SMILES string of the molecule is COC(=O)C1=C(C(=O)OC)c2c(C(C)=O)cn(C)c2CC1. The number of fused-ring (bicyclic) bond motifs is 1. The molecule has 1 heterocycles. The van der Waals surface area contributed by atoms with Crippen LogP contribution < -0.4 is 0 Å². The van der Waals surface area contributed by atoms with E-state index in [0.29, 0.717) is 24.0 Å². The predicted octanol–water partition coefficient (Wildman–Crippen LogP) is 1.27. The lowest BCUT2D eigenvalue weighted by Gasteiger charge is -2.20. The zero-order chi connectivity index (χ0) is 15.7. The summed E-state index contributed by atoms with van der Waals surface area (Å²) in [6.45, 7) is 1.43. The van der Waals surface area contributed by atoms with Gasteiger partial charge in [-0.25, -0.2) is 9.59 Å². The van der Waals surface area contributed by atoms with Crippen LogP contribution in [0.15, 0.2) is 11.8 Å². The Balaban J connectivity index is 2.78. The van der Waals surface area contributed by atoms with Gasteiger partial charge in [0.1, 0.15) is 0 Å². The van der Waals surface area contributed by atoms with Gasteiger partial charge in [-0.1, -0.05) is 0 Å². The Morgan fingerprint density at radius 2 is 1.71 bits per heavy atom. The van der Waals surface area contributed by atoms with Crippen LogP contribution in [0.1, 0.15) is 35.0 Å². The van der Waals surface area contributed by atoms with Crippen molar-refractivity contribution in [3.05, 3.63) is 28.6 Å². The highest BCUT2D eigenvalue weighted by atomic mass is 16.5. The van der Waals surface area contributed by atoms with Crippen LogP contribution in [0.5, 0.6) is 0 Å². The van der Waals surface area contributed by atoms with Crippen molar-refractivity contribution in [1.82, 2.24) is 4.57 Å². The molecule has 0 amide bonds. The third-order valence-corrected chi connectivity index (χ3v) is 3.67. The van der Waals surface area contributed by atoms with Crippen molar-refractivity contribution in [2.45, 2.75) is 19.8 Å². The second-order valence-corrected chi connectivity index (χ2v) is 4.87. The number of hydrogen-bond acceptors (Lipinski definition) is 5. The summed E-state index contributed by atoms with van der Waals surface area (Å²) in [5.41, 5.74) is 2.13. The van der Waals surface area contributed by atoms with Gasteiger partial charge in [0.05, 0.1) is 25.4 Å². The first-order valence-electron chi connectivity index (χ1n) is 6.51. The minimum Gasteiger partial charge on any atom is -0.466 e. The van der Waals surface area contributed by atoms with E-state index in [1.807, 2.05) is 11.6 Å². The Kier molecular flexibility index (Phi) is 3.97. The average Bonchev–Trinajstić information content (AvgIpc) is 2.82. The molecule has 0 spiro atoms. The molecule has 1 aromatic rings. The largest absolute Gasteiger partial charge is 0.466 e. The summed E-state index contributed by atoms with van der Waals surface area (Å²) >= 11 is 0. The molecule has 0 N–H and O–H groups in total. The van der Waals surface area contributed by atoms with Gasteiger partial charge in [-0.05, 0) is 19.8 Å². The third-order valence-electron chi connectivity index (χ3n) is 3.67. The fourth-order valence-corrected chi connectivity index (χ4v) is 2.69. The minimum absolute atomic E-state index is 0.136. The van der Waals surface area contributed by atoms with Crippen molar-refractivity contribution in [3.63, 3.8) is 0 Å². The molecule has 1 aliphatic carbocycles. The molecular weight excluding hydrogens is 274 g/mol. The molecule has 21 heavy (non-hydrogen) atoms. The minimum atomic E-state index is -0.634. The number of Topliss-reactive ketones (excluding diaryl/α,β-unsaturated/α-hetero) is 1. The number of hydrogen-bond donors (Lipinski definition) is 0. The van der Waals surface area contributed by atoms with Crippen molar-refractivity contribution < 1.29 is 23.9 Å². The first-order valence-corrected chi connectivity index (χ1v) is 6.51. The van der Waals surface area contributed by atoms with Gasteiger partial charge >= 0.3 is 11.9 Å². The monoisotopic (exact) mass is 291 g/mol. The zero-order valence-electron chi connectivity index (χ0n) is 12.5. The van der Waals surface area contributed by atoms with Crippen LogP contribution in [0.3, 0.4) is 0 Å². The van der Waals surface area contributed by atoms with Crippen LogP contribution in [0, 0.1) is 0 Å². The van der Waals surface area contributed by atoms with Crippen molar-refractivity contribution in [2.75, 3.05) is 14.2 Å². The van der Waals surface area contributed by atoms with Crippen molar-refractivity contribution in [2.24, 2.45) is 7.05 Å². The topological polar surface area (TPSA) is 74.6 Å². The molecule has 6 nitrogen and oxygen atoms in total. The van der Waals surface area contributed by atoms with Gasteiger partial charge in [-0.2, -0.15) is 0 Å². The maximum Gasteiger partial charge on any atom is 0.339 e. The molecule has 0 unspecified atom stereocenters. The number of aryl methyl sites for hydroxylation is 1. The molecule has 1 aliphatic rings. The fourth-order valence-electron chi connectivity index (χ4n) is 2.69. The molecule has 0 atom stereocenters. The van der Waals surface area contributed by atoms with Crippen LogP contribution in [-0.4, -0.2) is 36.5 Å². The summed E-state index contributed by atoms with van der Waals surface area (Å²) in [5, 5.41) is 0. The summed E-state index contributed by atoms with van der Waals surface area (Å²) in [5.74, 6) is -1.37. The second-order valence-electron chi connectivity index (χ2n) is 4.87. The quantitative estimate of drug-likeness (QED) is 0.619. The molecule has 0 radical (unpaired) electrons. The number of carbonyl (C=O) groups is 3. The van der Waals surface area contributed by atoms with Crippen molar-refractivity contribution in [1.29, 1.82) is 0 Å². The molecule has 0 saturated carbocycles. The number of rotatable bonds is 3. The molecule has 1 aromatic heterocycles. The number of nitrogens with zero attached hydrogens (tertiary/aromatic N) is 1. The lowest BCUT2D eigenvalue weighted by atomic mass is 9.86. The Hall–Kier alpha value is -2.37. The van der Waals surface area contributed by atoms with E-state index in [9.17, 15) is 14.4 Å².